The molecule has 0 amide bonds. The standard InChI is InChI=1S/C8H13NO3/c1-3-6(10)8(2,5-9)4-7(11)12/h3H,1,4-5,9H2,2H3,(H,11,12). The van der Waals surface area contributed by atoms with Gasteiger partial charge in [0, 0.05) is 6.54 Å². The number of allylic oxidation sites excluding steroid dienone is 1. The van der Waals surface area contributed by atoms with Crippen LogP contribution in [0.5, 0.6) is 0 Å². The molecule has 0 aliphatic rings. The number of carbonyl (C=O) groups is 2. The first kappa shape index (κ1) is 10.8. The van der Waals surface area contributed by atoms with Crippen molar-refractivity contribution in [2.75, 3.05) is 6.54 Å². The van der Waals surface area contributed by atoms with Crippen LogP contribution in [0.1, 0.15) is 13.3 Å². The molecule has 0 bridgehead atoms. The normalized spacial score (nSPS) is 14.8. The van der Waals surface area contributed by atoms with E-state index in [4.69, 9.17) is 10.8 Å². The van der Waals surface area contributed by atoms with E-state index in [0.29, 0.717) is 0 Å². The Balaban J connectivity index is 4.54. The fraction of sp³-hybridized carbons (Fsp3) is 0.500. The van der Waals surface area contributed by atoms with Gasteiger partial charge in [-0.2, -0.15) is 0 Å². The van der Waals surface area contributed by atoms with Crippen molar-refractivity contribution in [3.8, 4) is 0 Å². The molecule has 0 aromatic rings. The average Bonchev–Trinajstić information content (AvgIpc) is 2.01. The lowest BCUT2D eigenvalue weighted by atomic mass is 9.82. The van der Waals surface area contributed by atoms with Crippen molar-refractivity contribution in [2.24, 2.45) is 11.1 Å². The second-order valence-corrected chi connectivity index (χ2v) is 2.90. The van der Waals surface area contributed by atoms with Crippen molar-refractivity contribution in [1.29, 1.82) is 0 Å². The molecule has 0 aromatic heterocycles. The molecule has 12 heavy (non-hydrogen) atoms. The first-order chi connectivity index (χ1) is 5.46. The number of ketones is 1. The number of hydrogen-bond acceptors (Lipinski definition) is 3. The molecule has 1 atom stereocenters. The Morgan fingerprint density at radius 3 is 2.42 bits per heavy atom. The summed E-state index contributed by atoms with van der Waals surface area (Å²) >= 11 is 0. The monoisotopic (exact) mass is 171 g/mol. The van der Waals surface area contributed by atoms with Crippen molar-refractivity contribution >= 4 is 11.8 Å². The van der Waals surface area contributed by atoms with E-state index in [-0.39, 0.29) is 18.7 Å². The number of rotatable bonds is 5. The fourth-order valence-electron chi connectivity index (χ4n) is 0.840. The van der Waals surface area contributed by atoms with E-state index in [0.717, 1.165) is 6.08 Å². The third kappa shape index (κ3) is 2.47. The minimum absolute atomic E-state index is 0.0180. The van der Waals surface area contributed by atoms with Crippen molar-refractivity contribution in [3.63, 3.8) is 0 Å². The molecule has 0 rings (SSSR count). The number of carboxylic acid groups (broad SMARTS) is 1. The highest BCUT2D eigenvalue weighted by Crippen LogP contribution is 2.21. The molecule has 0 aromatic carbocycles. The zero-order valence-electron chi connectivity index (χ0n) is 7.04. The summed E-state index contributed by atoms with van der Waals surface area (Å²) in [5, 5.41) is 8.48. The van der Waals surface area contributed by atoms with Crippen LogP contribution in [-0.2, 0) is 9.59 Å². The van der Waals surface area contributed by atoms with E-state index in [1.807, 2.05) is 0 Å². The molecule has 0 fully saturated rings. The van der Waals surface area contributed by atoms with Crippen LogP contribution in [0, 0.1) is 5.41 Å². The second kappa shape index (κ2) is 4.01. The molecule has 3 N–H and O–H groups in total. The van der Waals surface area contributed by atoms with Gasteiger partial charge in [0.25, 0.3) is 0 Å². The van der Waals surface area contributed by atoms with E-state index in [1.54, 1.807) is 0 Å². The number of carboxylic acids is 1. The van der Waals surface area contributed by atoms with Gasteiger partial charge >= 0.3 is 5.97 Å². The number of aliphatic carboxylic acids is 1. The largest absolute Gasteiger partial charge is 0.481 e. The molecule has 0 saturated carbocycles. The quantitative estimate of drug-likeness (QED) is 0.578. The highest BCUT2D eigenvalue weighted by molar-refractivity contribution is 5.96. The first-order valence-electron chi connectivity index (χ1n) is 3.55. The molecular weight excluding hydrogens is 158 g/mol. The Morgan fingerprint density at radius 1 is 1.67 bits per heavy atom. The van der Waals surface area contributed by atoms with Gasteiger partial charge in [0.05, 0.1) is 11.8 Å². The lowest BCUT2D eigenvalue weighted by Crippen LogP contribution is -2.36. The predicted octanol–water partition coefficient (Wildman–Crippen LogP) is 0.181. The van der Waals surface area contributed by atoms with Gasteiger partial charge in [-0.3, -0.25) is 9.59 Å². The maximum Gasteiger partial charge on any atom is 0.304 e. The molecule has 4 nitrogen and oxygen atoms in total. The van der Waals surface area contributed by atoms with Crippen LogP contribution in [0.4, 0.5) is 0 Å². The second-order valence-electron chi connectivity index (χ2n) is 2.90. The molecule has 0 saturated heterocycles. The van der Waals surface area contributed by atoms with Gasteiger partial charge in [-0.15, -0.1) is 0 Å². The van der Waals surface area contributed by atoms with Crippen LogP contribution in [0.25, 0.3) is 0 Å². The van der Waals surface area contributed by atoms with Crippen LogP contribution < -0.4 is 5.73 Å². The van der Waals surface area contributed by atoms with Gasteiger partial charge in [-0.1, -0.05) is 13.5 Å². The Hall–Kier alpha value is -1.16. The van der Waals surface area contributed by atoms with Crippen molar-refractivity contribution < 1.29 is 14.7 Å². The van der Waals surface area contributed by atoms with Gasteiger partial charge in [0.15, 0.2) is 5.78 Å². The molecule has 68 valence electrons. The topological polar surface area (TPSA) is 80.4 Å². The highest BCUT2D eigenvalue weighted by Gasteiger charge is 2.31. The zero-order chi connectivity index (χ0) is 9.78. The maximum atomic E-state index is 11.1. The molecule has 4 heteroatoms. The average molecular weight is 171 g/mol. The summed E-state index contributed by atoms with van der Waals surface area (Å²) in [6, 6.07) is 0. The van der Waals surface area contributed by atoms with E-state index in [9.17, 15) is 9.59 Å². The van der Waals surface area contributed by atoms with Gasteiger partial charge in [0.2, 0.25) is 0 Å². The minimum atomic E-state index is -1.03. The SMILES string of the molecule is C=CC(=O)C(C)(CN)CC(=O)O. The van der Waals surface area contributed by atoms with Gasteiger partial charge in [-0.05, 0) is 6.08 Å². The maximum absolute atomic E-state index is 11.1. The van der Waals surface area contributed by atoms with E-state index in [2.05, 4.69) is 6.58 Å². The fourth-order valence-corrected chi connectivity index (χ4v) is 0.840. The smallest absolute Gasteiger partial charge is 0.304 e. The van der Waals surface area contributed by atoms with Crippen molar-refractivity contribution in [2.45, 2.75) is 13.3 Å². The summed E-state index contributed by atoms with van der Waals surface area (Å²) in [6.07, 6.45) is 0.851. The summed E-state index contributed by atoms with van der Waals surface area (Å²) in [4.78, 5) is 21.5. The van der Waals surface area contributed by atoms with Crippen LogP contribution in [0.3, 0.4) is 0 Å². The first-order valence-corrected chi connectivity index (χ1v) is 3.55. The van der Waals surface area contributed by atoms with Crippen LogP contribution >= 0.6 is 0 Å². The summed E-state index contributed by atoms with van der Waals surface area (Å²) in [7, 11) is 0. The van der Waals surface area contributed by atoms with Crippen LogP contribution in [0.2, 0.25) is 0 Å². The summed E-state index contributed by atoms with van der Waals surface area (Å²) < 4.78 is 0. The highest BCUT2D eigenvalue weighted by atomic mass is 16.4. The summed E-state index contributed by atoms with van der Waals surface area (Å²) in [5.74, 6) is -1.36. The van der Waals surface area contributed by atoms with Gasteiger partial charge in [0.1, 0.15) is 0 Å². The summed E-state index contributed by atoms with van der Waals surface area (Å²) in [5.41, 5.74) is 4.29. The Kier molecular flexibility index (Phi) is 3.63. The number of hydrogen-bond donors (Lipinski definition) is 2. The predicted molar refractivity (Wildman–Crippen MR) is 44.6 cm³/mol. The Labute approximate surface area is 71.1 Å². The van der Waals surface area contributed by atoms with E-state index >= 15 is 0 Å². The number of carbonyl (C=O) groups excluding carboxylic acids is 1. The third-order valence-electron chi connectivity index (χ3n) is 1.77. The van der Waals surface area contributed by atoms with Gasteiger partial charge in [-0.25, -0.2) is 0 Å². The zero-order valence-corrected chi connectivity index (χ0v) is 7.04. The molecular formula is C8H13NO3. The van der Waals surface area contributed by atoms with Gasteiger partial charge < -0.3 is 10.8 Å². The molecule has 0 spiro atoms. The van der Waals surface area contributed by atoms with Crippen molar-refractivity contribution in [1.82, 2.24) is 0 Å². The lowest BCUT2D eigenvalue weighted by Gasteiger charge is -2.21. The molecule has 0 heterocycles. The van der Waals surface area contributed by atoms with E-state index in [1.165, 1.54) is 6.92 Å². The third-order valence-corrected chi connectivity index (χ3v) is 1.77. The molecule has 0 radical (unpaired) electrons. The summed E-state index contributed by atoms with van der Waals surface area (Å²) in [6.45, 7) is 4.82. The van der Waals surface area contributed by atoms with Crippen LogP contribution in [-0.4, -0.2) is 23.4 Å². The minimum Gasteiger partial charge on any atom is -0.481 e. The van der Waals surface area contributed by atoms with E-state index < -0.39 is 11.4 Å². The Morgan fingerprint density at radius 2 is 2.17 bits per heavy atom. The number of nitrogens with two attached hydrogens (primary N) is 1. The lowest BCUT2D eigenvalue weighted by molar-refractivity contribution is -0.142. The molecule has 0 aliphatic carbocycles. The van der Waals surface area contributed by atoms with Crippen LogP contribution in [0.15, 0.2) is 12.7 Å². The molecule has 1 unspecified atom stereocenters. The molecule has 0 aliphatic heterocycles. The Bertz CT molecular complexity index is 212. The van der Waals surface area contributed by atoms with Crippen molar-refractivity contribution in [3.05, 3.63) is 12.7 Å².